The van der Waals surface area contributed by atoms with Gasteiger partial charge in [-0.3, -0.25) is 9.36 Å². The fourth-order valence-corrected chi connectivity index (χ4v) is 2.60. The van der Waals surface area contributed by atoms with E-state index in [-0.39, 0.29) is 5.91 Å². The summed E-state index contributed by atoms with van der Waals surface area (Å²) in [5.74, 6) is -0.00210. The van der Waals surface area contributed by atoms with Crippen molar-refractivity contribution in [2.75, 3.05) is 11.9 Å². The zero-order valence-corrected chi connectivity index (χ0v) is 12.7. The van der Waals surface area contributed by atoms with Crippen molar-refractivity contribution in [2.45, 2.75) is 18.9 Å². The van der Waals surface area contributed by atoms with Gasteiger partial charge in [-0.15, -0.1) is 0 Å². The van der Waals surface area contributed by atoms with Gasteiger partial charge >= 0.3 is 0 Å². The summed E-state index contributed by atoms with van der Waals surface area (Å²) in [6.45, 7) is 0.374. The molecule has 1 aromatic heterocycles. The molecule has 1 aliphatic rings. The van der Waals surface area contributed by atoms with Crippen molar-refractivity contribution in [2.24, 2.45) is 0 Å². The number of aromatic nitrogens is 2. The lowest BCUT2D eigenvalue weighted by molar-refractivity contribution is -0.115. The molecule has 0 aliphatic heterocycles. The summed E-state index contributed by atoms with van der Waals surface area (Å²) in [6, 6.07) is 16.4. The summed E-state index contributed by atoms with van der Waals surface area (Å²) >= 11 is 0. The van der Waals surface area contributed by atoms with Crippen molar-refractivity contribution >= 4 is 22.6 Å². The Morgan fingerprint density at radius 3 is 2.70 bits per heavy atom. The molecule has 0 spiro atoms. The molecule has 0 saturated heterocycles. The predicted octanol–water partition coefficient (Wildman–Crippen LogP) is 2.72. The summed E-state index contributed by atoms with van der Waals surface area (Å²) < 4.78 is 2.04. The molecule has 5 heteroatoms. The summed E-state index contributed by atoms with van der Waals surface area (Å²) in [5, 5.41) is 6.11. The predicted molar refractivity (Wildman–Crippen MR) is 90.7 cm³/mol. The minimum Gasteiger partial charge on any atom is -0.325 e. The molecule has 1 heterocycles. The number of fused-ring (bicyclic) bond motifs is 1. The highest BCUT2D eigenvalue weighted by molar-refractivity contribution is 5.92. The first-order chi connectivity index (χ1) is 11.3. The molecule has 1 saturated carbocycles. The molecule has 2 N–H and O–H groups in total. The molecule has 0 atom stereocenters. The Bertz CT molecular complexity index is 834. The standard InChI is InChI=1S/C18H18N4O/c23-18(11-19-13-5-6-13)21-14-7-9-15(10-8-14)22-12-20-16-3-1-2-4-17(16)22/h1-4,7-10,12-13,19H,5-6,11H2,(H,21,23). The number of carbonyl (C=O) groups is 1. The van der Waals surface area contributed by atoms with E-state index in [1.807, 2.05) is 59.4 Å². The first-order valence-electron chi connectivity index (χ1n) is 7.85. The van der Waals surface area contributed by atoms with Gasteiger partial charge in [0, 0.05) is 17.4 Å². The molecule has 4 rings (SSSR count). The maximum absolute atomic E-state index is 11.8. The van der Waals surface area contributed by atoms with Crippen molar-refractivity contribution < 1.29 is 4.79 Å². The lowest BCUT2D eigenvalue weighted by atomic mass is 10.2. The number of benzene rings is 2. The van der Waals surface area contributed by atoms with E-state index in [2.05, 4.69) is 15.6 Å². The maximum atomic E-state index is 11.8. The number of nitrogens with one attached hydrogen (secondary N) is 2. The van der Waals surface area contributed by atoms with Crippen LogP contribution in [0.2, 0.25) is 0 Å². The van der Waals surface area contributed by atoms with E-state index in [1.54, 1.807) is 0 Å². The molecule has 116 valence electrons. The zero-order valence-electron chi connectivity index (χ0n) is 12.7. The van der Waals surface area contributed by atoms with Crippen LogP contribution in [-0.2, 0) is 4.79 Å². The zero-order chi connectivity index (χ0) is 15.6. The quantitative estimate of drug-likeness (QED) is 0.762. The normalized spacial score (nSPS) is 14.1. The number of hydrogen-bond acceptors (Lipinski definition) is 3. The second-order valence-corrected chi connectivity index (χ2v) is 5.85. The van der Waals surface area contributed by atoms with Crippen LogP contribution in [0.25, 0.3) is 16.7 Å². The highest BCUT2D eigenvalue weighted by Crippen LogP contribution is 2.20. The van der Waals surface area contributed by atoms with Crippen LogP contribution in [0, 0.1) is 0 Å². The van der Waals surface area contributed by atoms with E-state index in [0.717, 1.165) is 22.4 Å². The van der Waals surface area contributed by atoms with Gasteiger partial charge in [0.1, 0.15) is 6.33 Å². The number of carbonyl (C=O) groups excluding carboxylic acids is 1. The van der Waals surface area contributed by atoms with Crippen molar-refractivity contribution in [3.63, 3.8) is 0 Å². The third-order valence-electron chi connectivity index (χ3n) is 4.01. The number of amides is 1. The Kier molecular flexibility index (Phi) is 3.55. The monoisotopic (exact) mass is 306 g/mol. The Labute approximate surface area is 134 Å². The van der Waals surface area contributed by atoms with Crippen LogP contribution in [0.15, 0.2) is 54.9 Å². The number of nitrogens with zero attached hydrogens (tertiary/aromatic N) is 2. The molecule has 23 heavy (non-hydrogen) atoms. The van der Waals surface area contributed by atoms with Crippen molar-refractivity contribution in [3.05, 3.63) is 54.9 Å². The van der Waals surface area contributed by atoms with Crippen LogP contribution < -0.4 is 10.6 Å². The second kappa shape index (κ2) is 5.85. The molecule has 3 aromatic rings. The van der Waals surface area contributed by atoms with Crippen molar-refractivity contribution in [3.8, 4) is 5.69 Å². The van der Waals surface area contributed by atoms with E-state index in [4.69, 9.17) is 0 Å². The fraction of sp³-hybridized carbons (Fsp3) is 0.222. The summed E-state index contributed by atoms with van der Waals surface area (Å²) in [7, 11) is 0. The van der Waals surface area contributed by atoms with Gasteiger partial charge in [-0.25, -0.2) is 4.98 Å². The molecule has 1 fully saturated rings. The molecule has 0 bridgehead atoms. The van der Waals surface area contributed by atoms with Gasteiger partial charge in [0.25, 0.3) is 0 Å². The summed E-state index contributed by atoms with van der Waals surface area (Å²) in [4.78, 5) is 16.2. The number of hydrogen-bond donors (Lipinski definition) is 2. The Balaban J connectivity index is 1.48. The van der Waals surface area contributed by atoms with Crippen LogP contribution in [0.4, 0.5) is 5.69 Å². The smallest absolute Gasteiger partial charge is 0.238 e. The SMILES string of the molecule is O=C(CNC1CC1)Nc1ccc(-n2cnc3ccccc32)cc1. The molecular formula is C18H18N4O. The third-order valence-corrected chi connectivity index (χ3v) is 4.01. The molecular weight excluding hydrogens is 288 g/mol. The molecule has 0 unspecified atom stereocenters. The summed E-state index contributed by atoms with van der Waals surface area (Å²) in [6.07, 6.45) is 4.18. The Hall–Kier alpha value is -2.66. The number of rotatable bonds is 5. The van der Waals surface area contributed by atoms with Crippen LogP contribution in [0.1, 0.15) is 12.8 Å². The highest BCUT2D eigenvalue weighted by Gasteiger charge is 2.21. The van der Waals surface area contributed by atoms with Gasteiger partial charge in [-0.1, -0.05) is 12.1 Å². The minimum atomic E-state index is -0.00210. The largest absolute Gasteiger partial charge is 0.325 e. The third kappa shape index (κ3) is 3.10. The summed E-state index contributed by atoms with van der Waals surface area (Å²) in [5.41, 5.74) is 3.86. The molecule has 0 radical (unpaired) electrons. The minimum absolute atomic E-state index is 0.00210. The first-order valence-corrected chi connectivity index (χ1v) is 7.85. The van der Waals surface area contributed by atoms with Crippen LogP contribution >= 0.6 is 0 Å². The van der Waals surface area contributed by atoms with Crippen LogP contribution in [0.5, 0.6) is 0 Å². The molecule has 1 aliphatic carbocycles. The van der Waals surface area contributed by atoms with Gasteiger partial charge in [0.2, 0.25) is 5.91 Å². The van der Waals surface area contributed by atoms with Gasteiger partial charge in [0.15, 0.2) is 0 Å². The van der Waals surface area contributed by atoms with Gasteiger partial charge in [-0.2, -0.15) is 0 Å². The Morgan fingerprint density at radius 2 is 1.91 bits per heavy atom. The van der Waals surface area contributed by atoms with E-state index >= 15 is 0 Å². The van der Waals surface area contributed by atoms with E-state index in [0.29, 0.717) is 12.6 Å². The van der Waals surface area contributed by atoms with Crippen molar-refractivity contribution in [1.29, 1.82) is 0 Å². The molecule has 2 aromatic carbocycles. The maximum Gasteiger partial charge on any atom is 0.238 e. The van der Waals surface area contributed by atoms with Crippen LogP contribution in [0.3, 0.4) is 0 Å². The van der Waals surface area contributed by atoms with E-state index in [1.165, 1.54) is 12.8 Å². The topological polar surface area (TPSA) is 59.0 Å². The van der Waals surface area contributed by atoms with Crippen LogP contribution in [-0.4, -0.2) is 28.0 Å². The van der Waals surface area contributed by atoms with Gasteiger partial charge < -0.3 is 10.6 Å². The number of anilines is 1. The fourth-order valence-electron chi connectivity index (χ4n) is 2.60. The van der Waals surface area contributed by atoms with Gasteiger partial charge in [0.05, 0.1) is 17.6 Å². The molecule has 1 amide bonds. The average Bonchev–Trinajstić information content (AvgIpc) is 3.31. The number of imidazole rings is 1. The highest BCUT2D eigenvalue weighted by atomic mass is 16.1. The Morgan fingerprint density at radius 1 is 1.13 bits per heavy atom. The van der Waals surface area contributed by atoms with E-state index in [9.17, 15) is 4.79 Å². The van der Waals surface area contributed by atoms with Gasteiger partial charge in [-0.05, 0) is 49.2 Å². The second-order valence-electron chi connectivity index (χ2n) is 5.85. The average molecular weight is 306 g/mol. The lowest BCUT2D eigenvalue weighted by Crippen LogP contribution is -2.29. The van der Waals surface area contributed by atoms with Crippen molar-refractivity contribution in [1.82, 2.24) is 14.9 Å². The number of para-hydroxylation sites is 2. The first kappa shape index (κ1) is 14.0. The molecule has 5 nitrogen and oxygen atoms in total. The lowest BCUT2D eigenvalue weighted by Gasteiger charge is -2.08. The van der Waals surface area contributed by atoms with E-state index < -0.39 is 0 Å².